The number of hydrogen-bond donors (Lipinski definition) is 1. The van der Waals surface area contributed by atoms with Crippen LogP contribution in [0.4, 0.5) is 0 Å². The highest BCUT2D eigenvalue weighted by Crippen LogP contribution is 2.27. The number of benzene rings is 1. The van der Waals surface area contributed by atoms with Crippen molar-refractivity contribution in [2.45, 2.75) is 38.1 Å². The van der Waals surface area contributed by atoms with E-state index in [0.717, 1.165) is 18.4 Å². The molecule has 1 aliphatic heterocycles. The summed E-state index contributed by atoms with van der Waals surface area (Å²) in [7, 11) is -0.665. The molecular formula is C22H29N3O5S. The van der Waals surface area contributed by atoms with Gasteiger partial charge in [-0.25, -0.2) is 13.2 Å². The Morgan fingerprint density at radius 3 is 2.52 bits per heavy atom. The predicted molar refractivity (Wildman–Crippen MR) is 116 cm³/mol. The first kappa shape index (κ1) is 23.0. The van der Waals surface area contributed by atoms with Crippen molar-refractivity contribution in [1.29, 1.82) is 0 Å². The van der Waals surface area contributed by atoms with E-state index in [2.05, 4.69) is 12.2 Å². The molecule has 1 N–H and O–H groups in total. The molecule has 0 spiro atoms. The van der Waals surface area contributed by atoms with Gasteiger partial charge in [-0.15, -0.1) is 0 Å². The monoisotopic (exact) mass is 447 g/mol. The van der Waals surface area contributed by atoms with Crippen molar-refractivity contribution in [2.75, 3.05) is 20.2 Å². The smallest absolute Gasteiger partial charge is 0.337 e. The van der Waals surface area contributed by atoms with Crippen LogP contribution in [0.15, 0.2) is 35.2 Å². The summed E-state index contributed by atoms with van der Waals surface area (Å²) in [5.41, 5.74) is 1.92. The lowest BCUT2D eigenvalue weighted by molar-refractivity contribution is 0.0600. The summed E-state index contributed by atoms with van der Waals surface area (Å²) >= 11 is 0. The summed E-state index contributed by atoms with van der Waals surface area (Å²) in [6.07, 6.45) is 1.67. The quantitative estimate of drug-likeness (QED) is 0.686. The maximum Gasteiger partial charge on any atom is 0.337 e. The number of sulfonamides is 1. The minimum Gasteiger partial charge on any atom is -0.465 e. The molecule has 1 amide bonds. The average molecular weight is 448 g/mol. The second kappa shape index (κ2) is 9.23. The number of carbonyl (C=O) groups is 2. The zero-order valence-corrected chi connectivity index (χ0v) is 19.2. The number of nitrogens with zero attached hydrogens (tertiary/aromatic N) is 2. The second-order valence-corrected chi connectivity index (χ2v) is 9.91. The fraction of sp³-hybridized carbons (Fsp3) is 0.455. The molecule has 1 fully saturated rings. The molecule has 1 saturated heterocycles. The zero-order valence-electron chi connectivity index (χ0n) is 18.3. The van der Waals surface area contributed by atoms with Crippen LogP contribution in [0.3, 0.4) is 0 Å². The van der Waals surface area contributed by atoms with E-state index >= 15 is 0 Å². The van der Waals surface area contributed by atoms with E-state index < -0.39 is 16.0 Å². The van der Waals surface area contributed by atoms with Crippen molar-refractivity contribution in [3.8, 4) is 0 Å². The molecule has 0 radical (unpaired) electrons. The van der Waals surface area contributed by atoms with Crippen LogP contribution in [0.2, 0.25) is 0 Å². The number of ether oxygens (including phenoxy) is 1. The molecule has 0 saturated carbocycles. The Morgan fingerprint density at radius 2 is 1.87 bits per heavy atom. The number of nitrogens with one attached hydrogen (secondary N) is 1. The highest BCUT2D eigenvalue weighted by Gasteiger charge is 2.32. The third kappa shape index (κ3) is 4.83. The van der Waals surface area contributed by atoms with E-state index in [4.69, 9.17) is 4.74 Å². The minimum atomic E-state index is -3.66. The van der Waals surface area contributed by atoms with Gasteiger partial charge in [0.05, 0.1) is 12.7 Å². The number of amides is 1. The molecule has 168 valence electrons. The predicted octanol–water partition coefficient (Wildman–Crippen LogP) is 2.47. The van der Waals surface area contributed by atoms with E-state index in [1.54, 1.807) is 42.8 Å². The first-order chi connectivity index (χ1) is 14.6. The van der Waals surface area contributed by atoms with Gasteiger partial charge in [-0.2, -0.15) is 4.31 Å². The van der Waals surface area contributed by atoms with E-state index in [-0.39, 0.29) is 23.0 Å². The Hall–Kier alpha value is -2.65. The first-order valence-corrected chi connectivity index (χ1v) is 11.7. The molecular weight excluding hydrogens is 418 g/mol. The van der Waals surface area contributed by atoms with E-state index in [9.17, 15) is 18.0 Å². The van der Waals surface area contributed by atoms with Crippen LogP contribution in [-0.4, -0.2) is 49.4 Å². The maximum absolute atomic E-state index is 13.1. The summed E-state index contributed by atoms with van der Waals surface area (Å²) in [4.78, 5) is 24.6. The number of rotatable bonds is 6. The Morgan fingerprint density at radius 1 is 1.19 bits per heavy atom. The molecule has 1 aromatic carbocycles. The molecule has 3 rings (SSSR count). The van der Waals surface area contributed by atoms with Crippen LogP contribution in [0.25, 0.3) is 0 Å². The Balaban J connectivity index is 1.77. The van der Waals surface area contributed by atoms with Gasteiger partial charge >= 0.3 is 5.97 Å². The molecule has 9 heteroatoms. The van der Waals surface area contributed by atoms with Crippen molar-refractivity contribution in [3.63, 3.8) is 0 Å². The van der Waals surface area contributed by atoms with Crippen molar-refractivity contribution in [3.05, 3.63) is 52.8 Å². The highest BCUT2D eigenvalue weighted by molar-refractivity contribution is 7.89. The summed E-state index contributed by atoms with van der Waals surface area (Å²) in [5, 5.41) is 2.80. The highest BCUT2D eigenvalue weighted by atomic mass is 32.2. The lowest BCUT2D eigenvalue weighted by Gasteiger charge is -2.29. The van der Waals surface area contributed by atoms with E-state index in [1.165, 1.54) is 17.5 Å². The fourth-order valence-electron chi connectivity index (χ4n) is 3.71. The fourth-order valence-corrected chi connectivity index (χ4v) is 5.45. The van der Waals surface area contributed by atoms with Gasteiger partial charge < -0.3 is 14.6 Å². The number of esters is 1. The molecule has 1 aliphatic rings. The van der Waals surface area contributed by atoms with Gasteiger partial charge in [-0.05, 0) is 49.4 Å². The third-order valence-corrected chi connectivity index (χ3v) is 7.90. The lowest BCUT2D eigenvalue weighted by atomic mass is 10.0. The van der Waals surface area contributed by atoms with Crippen LogP contribution in [-0.2, 0) is 28.4 Å². The zero-order chi connectivity index (χ0) is 22.8. The molecule has 0 unspecified atom stereocenters. The van der Waals surface area contributed by atoms with Crippen LogP contribution in [0, 0.1) is 12.8 Å². The van der Waals surface area contributed by atoms with Gasteiger partial charge in [0.1, 0.15) is 10.6 Å². The van der Waals surface area contributed by atoms with Gasteiger partial charge in [0.25, 0.3) is 5.91 Å². The number of hydrogen-bond acceptors (Lipinski definition) is 5. The Labute approximate surface area is 183 Å². The molecule has 31 heavy (non-hydrogen) atoms. The second-order valence-electron chi connectivity index (χ2n) is 8.00. The number of aromatic nitrogens is 1. The van der Waals surface area contributed by atoms with E-state index in [0.29, 0.717) is 30.3 Å². The van der Waals surface area contributed by atoms with Crippen molar-refractivity contribution in [1.82, 2.24) is 14.2 Å². The Kier molecular flexibility index (Phi) is 6.86. The normalized spacial score (nSPS) is 15.6. The van der Waals surface area contributed by atoms with Crippen LogP contribution in [0.5, 0.6) is 0 Å². The van der Waals surface area contributed by atoms with Gasteiger partial charge in [0.2, 0.25) is 10.0 Å². The molecule has 0 aliphatic carbocycles. The molecule has 8 nitrogen and oxygen atoms in total. The lowest BCUT2D eigenvalue weighted by Crippen LogP contribution is -2.38. The number of carbonyl (C=O) groups excluding carboxylic acids is 2. The molecule has 1 aromatic heterocycles. The largest absolute Gasteiger partial charge is 0.465 e. The van der Waals surface area contributed by atoms with Gasteiger partial charge in [-0.3, -0.25) is 4.79 Å². The van der Waals surface area contributed by atoms with Crippen LogP contribution < -0.4 is 5.32 Å². The molecule has 0 bridgehead atoms. The van der Waals surface area contributed by atoms with Crippen molar-refractivity contribution in [2.24, 2.45) is 13.0 Å². The topological polar surface area (TPSA) is 97.7 Å². The molecule has 2 heterocycles. The van der Waals surface area contributed by atoms with Crippen molar-refractivity contribution >= 4 is 21.9 Å². The van der Waals surface area contributed by atoms with Gasteiger partial charge in [-0.1, -0.05) is 19.1 Å². The number of piperidine rings is 1. The van der Waals surface area contributed by atoms with Crippen molar-refractivity contribution < 1.29 is 22.7 Å². The summed E-state index contributed by atoms with van der Waals surface area (Å²) < 4.78 is 34.1. The summed E-state index contributed by atoms with van der Waals surface area (Å²) in [6, 6.07) is 8.23. The van der Waals surface area contributed by atoms with E-state index in [1.807, 2.05) is 0 Å². The molecule has 0 atom stereocenters. The Bertz CT molecular complexity index is 1080. The maximum atomic E-state index is 13.1. The third-order valence-electron chi connectivity index (χ3n) is 5.88. The van der Waals surface area contributed by atoms with Gasteiger partial charge in [0.15, 0.2) is 0 Å². The summed E-state index contributed by atoms with van der Waals surface area (Å²) in [6.45, 7) is 5.02. The summed E-state index contributed by atoms with van der Waals surface area (Å²) in [5.74, 6) is -0.321. The molecule has 2 aromatic rings. The first-order valence-electron chi connectivity index (χ1n) is 10.3. The van der Waals surface area contributed by atoms with Crippen LogP contribution >= 0.6 is 0 Å². The average Bonchev–Trinajstić information content (AvgIpc) is 3.07. The van der Waals surface area contributed by atoms with Gasteiger partial charge in [0, 0.05) is 32.4 Å². The minimum absolute atomic E-state index is 0.169. The number of methoxy groups -OCH3 is 1. The van der Waals surface area contributed by atoms with Crippen LogP contribution in [0.1, 0.15) is 51.9 Å². The standard InChI is InChI=1S/C22H29N3O5S/c1-15-8-10-25(11-9-15)31(28,29)20-13-19(24(3)16(20)2)21(26)23-14-17-6-5-7-18(12-17)22(27)30-4/h5-7,12-13,15H,8-11,14H2,1-4H3,(H,23,26). The SMILES string of the molecule is COC(=O)c1cccc(CNC(=O)c2cc(S(=O)(=O)N3CCC(C)CC3)c(C)n2C)c1.